The molecule has 0 aliphatic rings. The molecule has 0 bridgehead atoms. The fraction of sp³-hybridized carbons (Fsp3) is 0.136. The lowest BCUT2D eigenvalue weighted by molar-refractivity contribution is 0.102. The highest BCUT2D eigenvalue weighted by Gasteiger charge is 2.18. The smallest absolute Gasteiger partial charge is 0.270 e. The fourth-order valence-corrected chi connectivity index (χ4v) is 3.78. The van der Waals surface area contributed by atoms with Crippen LogP contribution in [0, 0.1) is 20.8 Å². The van der Waals surface area contributed by atoms with E-state index in [0.717, 1.165) is 21.6 Å². The predicted molar refractivity (Wildman–Crippen MR) is 112 cm³/mol. The molecule has 0 radical (unpaired) electrons. The van der Waals surface area contributed by atoms with Gasteiger partial charge in [-0.15, -0.1) is 11.3 Å². The Morgan fingerprint density at radius 3 is 2.39 bits per heavy atom. The average Bonchev–Trinajstić information content (AvgIpc) is 3.30. The number of carbonyl (C=O) groups excluding carboxylic acids is 1. The van der Waals surface area contributed by atoms with Gasteiger partial charge in [0.25, 0.3) is 11.8 Å². The molecule has 2 heterocycles. The topological polar surface area (TPSA) is 68.0 Å². The summed E-state index contributed by atoms with van der Waals surface area (Å²) in [6, 6.07) is 15.6. The molecule has 0 spiro atoms. The second kappa shape index (κ2) is 7.40. The summed E-state index contributed by atoms with van der Waals surface area (Å²) in [6.07, 6.45) is 0. The molecule has 0 saturated heterocycles. The second-order valence-corrected chi connectivity index (χ2v) is 7.70. The van der Waals surface area contributed by atoms with Gasteiger partial charge in [-0.2, -0.15) is 4.98 Å². The van der Waals surface area contributed by atoms with Crippen molar-refractivity contribution in [3.63, 3.8) is 0 Å². The molecule has 6 heteroatoms. The number of hydrogen-bond acceptors (Lipinski definition) is 5. The van der Waals surface area contributed by atoms with Crippen LogP contribution in [0.5, 0.6) is 0 Å². The molecular weight excluding hydrogens is 370 g/mol. The Labute approximate surface area is 167 Å². The van der Waals surface area contributed by atoms with Gasteiger partial charge in [0.15, 0.2) is 0 Å². The molecule has 0 aliphatic carbocycles. The lowest BCUT2D eigenvalue weighted by atomic mass is 10.1. The summed E-state index contributed by atoms with van der Waals surface area (Å²) >= 11 is 1.45. The van der Waals surface area contributed by atoms with Crippen molar-refractivity contribution in [1.82, 2.24) is 10.1 Å². The first-order chi connectivity index (χ1) is 13.5. The van der Waals surface area contributed by atoms with E-state index in [0.29, 0.717) is 23.0 Å². The maximum Gasteiger partial charge on any atom is 0.270 e. The van der Waals surface area contributed by atoms with Gasteiger partial charge in [0.05, 0.1) is 5.69 Å². The number of anilines is 1. The number of thiophene rings is 1. The second-order valence-electron chi connectivity index (χ2n) is 6.78. The Kier molecular flexibility index (Phi) is 4.79. The monoisotopic (exact) mass is 389 g/mol. The molecule has 1 amide bonds. The molecule has 2 aromatic carbocycles. The van der Waals surface area contributed by atoms with E-state index in [1.807, 2.05) is 74.7 Å². The van der Waals surface area contributed by atoms with Gasteiger partial charge in [-0.1, -0.05) is 52.2 Å². The lowest BCUT2D eigenvalue weighted by Gasteiger charge is -2.07. The summed E-state index contributed by atoms with van der Waals surface area (Å²) in [5.41, 5.74) is 5.44. The highest BCUT2D eigenvalue weighted by atomic mass is 32.1. The molecule has 0 saturated carbocycles. The Hall–Kier alpha value is -3.25. The maximum atomic E-state index is 12.7. The molecule has 0 atom stereocenters. The van der Waals surface area contributed by atoms with Crippen LogP contribution >= 0.6 is 11.3 Å². The van der Waals surface area contributed by atoms with E-state index in [9.17, 15) is 4.79 Å². The van der Waals surface area contributed by atoms with Crippen LogP contribution in [0.4, 0.5) is 5.69 Å². The van der Waals surface area contributed by atoms with E-state index in [2.05, 4.69) is 15.5 Å². The van der Waals surface area contributed by atoms with Gasteiger partial charge < -0.3 is 9.84 Å². The molecule has 0 aliphatic heterocycles. The van der Waals surface area contributed by atoms with Gasteiger partial charge in [-0.3, -0.25) is 4.79 Å². The number of rotatable bonds is 4. The Morgan fingerprint density at radius 2 is 1.68 bits per heavy atom. The van der Waals surface area contributed by atoms with Crippen LogP contribution in [0.25, 0.3) is 22.2 Å². The normalized spacial score (nSPS) is 10.8. The minimum absolute atomic E-state index is 0.162. The van der Waals surface area contributed by atoms with Gasteiger partial charge in [-0.05, 0) is 44.4 Å². The third kappa shape index (κ3) is 3.73. The molecule has 4 rings (SSSR count). The van der Waals surface area contributed by atoms with Crippen LogP contribution in [0.15, 0.2) is 58.4 Å². The van der Waals surface area contributed by atoms with E-state index >= 15 is 0 Å². The minimum atomic E-state index is -0.162. The summed E-state index contributed by atoms with van der Waals surface area (Å²) in [6.45, 7) is 5.98. The summed E-state index contributed by atoms with van der Waals surface area (Å²) < 4.78 is 5.46. The third-order valence-corrected chi connectivity index (χ3v) is 5.23. The van der Waals surface area contributed by atoms with Gasteiger partial charge in [0.2, 0.25) is 5.82 Å². The molecule has 0 unspecified atom stereocenters. The van der Waals surface area contributed by atoms with E-state index in [-0.39, 0.29) is 5.91 Å². The first-order valence-electron chi connectivity index (χ1n) is 8.88. The lowest BCUT2D eigenvalue weighted by Crippen LogP contribution is -2.12. The quantitative estimate of drug-likeness (QED) is 0.490. The van der Waals surface area contributed by atoms with Crippen LogP contribution in [0.3, 0.4) is 0 Å². The van der Waals surface area contributed by atoms with Crippen LogP contribution in [0.2, 0.25) is 0 Å². The Balaban J connectivity index is 1.59. The zero-order valence-electron chi connectivity index (χ0n) is 15.8. The van der Waals surface area contributed by atoms with Gasteiger partial charge in [-0.25, -0.2) is 0 Å². The van der Waals surface area contributed by atoms with Crippen molar-refractivity contribution < 1.29 is 9.32 Å². The summed E-state index contributed by atoms with van der Waals surface area (Å²) in [5.74, 6) is 0.751. The number of nitrogens with zero attached hydrogens (tertiary/aromatic N) is 2. The zero-order valence-corrected chi connectivity index (χ0v) is 16.6. The van der Waals surface area contributed by atoms with Gasteiger partial charge in [0.1, 0.15) is 4.88 Å². The standard InChI is InChI=1S/C22H19N3O2S/c1-13-4-6-16(7-5-13)20-24-22(27-25-20)19-18(8-9-28-19)23-21(26)17-11-14(2)10-15(3)12-17/h4-12H,1-3H3,(H,23,26). The van der Waals surface area contributed by atoms with Gasteiger partial charge in [0, 0.05) is 11.1 Å². The number of aryl methyl sites for hydroxylation is 3. The van der Waals surface area contributed by atoms with Gasteiger partial charge >= 0.3 is 0 Å². The van der Waals surface area contributed by atoms with Crippen molar-refractivity contribution in [3.8, 4) is 22.2 Å². The highest BCUT2D eigenvalue weighted by molar-refractivity contribution is 7.14. The molecule has 4 aromatic rings. The van der Waals surface area contributed by atoms with Crippen molar-refractivity contribution in [2.45, 2.75) is 20.8 Å². The number of hydrogen-bond donors (Lipinski definition) is 1. The first kappa shape index (κ1) is 18.1. The molecule has 1 N–H and O–H groups in total. The largest absolute Gasteiger partial charge is 0.333 e. The molecular formula is C22H19N3O2S. The number of amides is 1. The fourth-order valence-electron chi connectivity index (χ4n) is 3.01. The summed E-state index contributed by atoms with van der Waals surface area (Å²) in [5, 5.41) is 8.93. The van der Waals surface area contributed by atoms with Crippen LogP contribution < -0.4 is 5.32 Å². The van der Waals surface area contributed by atoms with E-state index in [4.69, 9.17) is 4.52 Å². The van der Waals surface area contributed by atoms with Crippen molar-refractivity contribution >= 4 is 22.9 Å². The molecule has 2 aromatic heterocycles. The molecule has 140 valence electrons. The Morgan fingerprint density at radius 1 is 0.964 bits per heavy atom. The maximum absolute atomic E-state index is 12.7. The summed E-state index contributed by atoms with van der Waals surface area (Å²) in [7, 11) is 0. The van der Waals surface area contributed by atoms with E-state index in [1.165, 1.54) is 16.9 Å². The highest BCUT2D eigenvalue weighted by Crippen LogP contribution is 2.34. The van der Waals surface area contributed by atoms with Crippen molar-refractivity contribution in [1.29, 1.82) is 0 Å². The Bertz CT molecular complexity index is 1120. The van der Waals surface area contributed by atoms with Crippen LogP contribution in [0.1, 0.15) is 27.0 Å². The van der Waals surface area contributed by atoms with E-state index < -0.39 is 0 Å². The van der Waals surface area contributed by atoms with Crippen molar-refractivity contribution in [3.05, 3.63) is 76.2 Å². The zero-order chi connectivity index (χ0) is 19.7. The van der Waals surface area contributed by atoms with E-state index in [1.54, 1.807) is 0 Å². The average molecular weight is 389 g/mol. The van der Waals surface area contributed by atoms with Crippen LogP contribution in [-0.2, 0) is 0 Å². The predicted octanol–water partition coefficient (Wildman–Crippen LogP) is 5.64. The minimum Gasteiger partial charge on any atom is -0.333 e. The van der Waals surface area contributed by atoms with Crippen molar-refractivity contribution in [2.75, 3.05) is 5.32 Å². The SMILES string of the molecule is Cc1ccc(-c2noc(-c3sccc3NC(=O)c3cc(C)cc(C)c3)n2)cc1. The van der Waals surface area contributed by atoms with Crippen LogP contribution in [-0.4, -0.2) is 16.0 Å². The first-order valence-corrected chi connectivity index (χ1v) is 9.76. The molecule has 0 fully saturated rings. The van der Waals surface area contributed by atoms with Crippen molar-refractivity contribution in [2.24, 2.45) is 0 Å². The molecule has 5 nitrogen and oxygen atoms in total. The summed E-state index contributed by atoms with van der Waals surface area (Å²) in [4.78, 5) is 17.9. The third-order valence-electron chi connectivity index (χ3n) is 4.33. The number of benzene rings is 2. The number of carbonyl (C=O) groups is 1. The molecule has 28 heavy (non-hydrogen) atoms. The number of aromatic nitrogens is 2. The number of nitrogens with one attached hydrogen (secondary N) is 1.